The first-order valence-corrected chi connectivity index (χ1v) is 9.43. The van der Waals surface area contributed by atoms with Crippen molar-refractivity contribution in [3.63, 3.8) is 0 Å². The molecule has 1 N–H and O–H groups in total. The number of benzene rings is 3. The average molecular weight is 347 g/mol. The van der Waals surface area contributed by atoms with Crippen LogP contribution in [0.4, 0.5) is 5.69 Å². The third-order valence-corrected chi connectivity index (χ3v) is 4.92. The van der Waals surface area contributed by atoms with E-state index in [1.807, 2.05) is 12.1 Å². The van der Waals surface area contributed by atoms with Gasteiger partial charge in [0.1, 0.15) is 12.4 Å². The second-order valence-corrected chi connectivity index (χ2v) is 6.79. The number of anilines is 1. The summed E-state index contributed by atoms with van der Waals surface area (Å²) in [4.78, 5) is 0. The van der Waals surface area contributed by atoms with Crippen molar-refractivity contribution in [2.24, 2.45) is 0 Å². The molecular formula is C23H25NO2. The van der Waals surface area contributed by atoms with Gasteiger partial charge in [0.05, 0.1) is 6.10 Å². The number of fused-ring (bicyclic) bond motifs is 1. The Balaban J connectivity index is 1.29. The maximum Gasteiger partial charge on any atom is 0.119 e. The quantitative estimate of drug-likeness (QED) is 0.648. The molecule has 4 rings (SSSR count). The number of hydrogen-bond donors (Lipinski definition) is 1. The molecule has 0 spiro atoms. The Morgan fingerprint density at radius 1 is 0.962 bits per heavy atom. The van der Waals surface area contributed by atoms with Gasteiger partial charge in [-0.2, -0.15) is 0 Å². The molecule has 3 aromatic rings. The summed E-state index contributed by atoms with van der Waals surface area (Å²) in [5, 5.41) is 6.15. The fourth-order valence-corrected chi connectivity index (χ4v) is 3.49. The molecule has 0 aromatic heterocycles. The number of rotatable bonds is 7. The van der Waals surface area contributed by atoms with Crippen LogP contribution in [0.5, 0.6) is 5.75 Å². The first-order valence-electron chi connectivity index (χ1n) is 9.43. The third kappa shape index (κ3) is 4.17. The Kier molecular flexibility index (Phi) is 5.36. The van der Waals surface area contributed by atoms with Crippen LogP contribution in [0.3, 0.4) is 0 Å². The van der Waals surface area contributed by atoms with Crippen LogP contribution >= 0.6 is 0 Å². The van der Waals surface area contributed by atoms with E-state index in [0.29, 0.717) is 6.61 Å². The van der Waals surface area contributed by atoms with Crippen LogP contribution in [0.1, 0.15) is 18.4 Å². The largest absolute Gasteiger partial charge is 0.491 e. The monoisotopic (exact) mass is 347 g/mol. The molecule has 3 heteroatoms. The maximum atomic E-state index is 5.81. The van der Waals surface area contributed by atoms with E-state index in [-0.39, 0.29) is 6.10 Å². The van der Waals surface area contributed by atoms with Gasteiger partial charge < -0.3 is 14.8 Å². The summed E-state index contributed by atoms with van der Waals surface area (Å²) in [6.45, 7) is 2.42. The molecule has 0 bridgehead atoms. The van der Waals surface area contributed by atoms with Gasteiger partial charge in [0, 0.05) is 18.8 Å². The molecule has 1 heterocycles. The second kappa shape index (κ2) is 8.24. The average Bonchev–Trinajstić information content (AvgIpc) is 3.21. The minimum Gasteiger partial charge on any atom is -0.491 e. The molecule has 0 radical (unpaired) electrons. The minimum atomic E-state index is 0.258. The van der Waals surface area contributed by atoms with Gasteiger partial charge in [0.25, 0.3) is 0 Å². The van der Waals surface area contributed by atoms with E-state index in [1.165, 1.54) is 16.3 Å². The molecule has 1 aliphatic rings. The number of nitrogens with one attached hydrogen (secondary N) is 1. The lowest BCUT2D eigenvalue weighted by molar-refractivity contribution is 0.0679. The highest BCUT2D eigenvalue weighted by molar-refractivity contribution is 5.85. The van der Waals surface area contributed by atoms with Gasteiger partial charge in [0.2, 0.25) is 0 Å². The Morgan fingerprint density at radius 3 is 2.65 bits per heavy atom. The molecule has 26 heavy (non-hydrogen) atoms. The minimum absolute atomic E-state index is 0.258. The molecule has 1 fully saturated rings. The van der Waals surface area contributed by atoms with Crippen LogP contribution in [0.15, 0.2) is 66.7 Å². The summed E-state index contributed by atoms with van der Waals surface area (Å²) in [7, 11) is 0. The second-order valence-electron chi connectivity index (χ2n) is 6.79. The summed E-state index contributed by atoms with van der Waals surface area (Å²) in [6, 6.07) is 23.3. The van der Waals surface area contributed by atoms with E-state index in [9.17, 15) is 0 Å². The van der Waals surface area contributed by atoms with Gasteiger partial charge in [-0.05, 0) is 59.9 Å². The highest BCUT2D eigenvalue weighted by atomic mass is 16.5. The Bertz CT molecular complexity index is 833. The number of ether oxygens (including phenoxy) is 2. The van der Waals surface area contributed by atoms with Crippen molar-refractivity contribution in [3.8, 4) is 5.75 Å². The van der Waals surface area contributed by atoms with Gasteiger partial charge in [-0.25, -0.2) is 0 Å². The van der Waals surface area contributed by atoms with E-state index in [0.717, 1.165) is 43.9 Å². The standard InChI is InChI=1S/C23H25NO2/c1-2-9-23-18(5-1)6-3-7-19(23)14-15-24-20-10-12-21(13-11-20)26-17-22-8-4-16-25-22/h1-3,5-7,9-13,22,24H,4,8,14-17H2. The predicted molar refractivity (Wildman–Crippen MR) is 107 cm³/mol. The predicted octanol–water partition coefficient (Wildman–Crippen LogP) is 5.05. The maximum absolute atomic E-state index is 5.81. The SMILES string of the molecule is c1ccc2c(CCNc3ccc(OCC4CCCO4)cc3)cccc2c1. The molecule has 134 valence electrons. The molecule has 3 nitrogen and oxygen atoms in total. The Hall–Kier alpha value is -2.52. The van der Waals surface area contributed by atoms with Crippen LogP contribution < -0.4 is 10.1 Å². The Morgan fingerprint density at radius 2 is 1.81 bits per heavy atom. The van der Waals surface area contributed by atoms with Gasteiger partial charge >= 0.3 is 0 Å². The zero-order valence-corrected chi connectivity index (χ0v) is 15.0. The third-order valence-electron chi connectivity index (χ3n) is 4.92. The van der Waals surface area contributed by atoms with Gasteiger partial charge in [-0.3, -0.25) is 0 Å². The molecule has 1 saturated heterocycles. The van der Waals surface area contributed by atoms with E-state index >= 15 is 0 Å². The molecule has 0 aliphatic carbocycles. The molecular weight excluding hydrogens is 322 g/mol. The Labute approximate surface area is 154 Å². The van der Waals surface area contributed by atoms with Crippen LogP contribution in [0, 0.1) is 0 Å². The molecule has 1 atom stereocenters. The zero-order chi connectivity index (χ0) is 17.6. The molecule has 3 aromatic carbocycles. The van der Waals surface area contributed by atoms with Gasteiger partial charge in [-0.1, -0.05) is 42.5 Å². The lowest BCUT2D eigenvalue weighted by Crippen LogP contribution is -2.16. The molecule has 0 saturated carbocycles. The summed E-state index contributed by atoms with van der Waals surface area (Å²) >= 11 is 0. The van der Waals surface area contributed by atoms with E-state index in [4.69, 9.17) is 9.47 Å². The first kappa shape index (κ1) is 16.9. The lowest BCUT2D eigenvalue weighted by atomic mass is 10.0. The van der Waals surface area contributed by atoms with Crippen molar-refractivity contribution in [1.82, 2.24) is 0 Å². The summed E-state index contributed by atoms with van der Waals surface area (Å²) in [5.41, 5.74) is 2.50. The molecule has 1 unspecified atom stereocenters. The fourth-order valence-electron chi connectivity index (χ4n) is 3.49. The summed E-state index contributed by atoms with van der Waals surface area (Å²) in [5.74, 6) is 0.903. The summed E-state index contributed by atoms with van der Waals surface area (Å²) in [6.07, 6.45) is 3.51. The van der Waals surface area contributed by atoms with Gasteiger partial charge in [0.15, 0.2) is 0 Å². The first-order chi connectivity index (χ1) is 12.9. The highest BCUT2D eigenvalue weighted by Crippen LogP contribution is 2.20. The van der Waals surface area contributed by atoms with Crippen molar-refractivity contribution in [1.29, 1.82) is 0 Å². The van der Waals surface area contributed by atoms with Crippen molar-refractivity contribution in [2.45, 2.75) is 25.4 Å². The van der Waals surface area contributed by atoms with Crippen LogP contribution in [0.2, 0.25) is 0 Å². The highest BCUT2D eigenvalue weighted by Gasteiger charge is 2.15. The normalized spacial score (nSPS) is 16.7. The molecule has 0 amide bonds. The van der Waals surface area contributed by atoms with Gasteiger partial charge in [-0.15, -0.1) is 0 Å². The van der Waals surface area contributed by atoms with Crippen LogP contribution in [-0.4, -0.2) is 25.9 Å². The number of hydrogen-bond acceptors (Lipinski definition) is 3. The fraction of sp³-hybridized carbons (Fsp3) is 0.304. The smallest absolute Gasteiger partial charge is 0.119 e. The van der Waals surface area contributed by atoms with Crippen LogP contribution in [-0.2, 0) is 11.2 Å². The molecule has 1 aliphatic heterocycles. The lowest BCUT2D eigenvalue weighted by Gasteiger charge is -2.12. The summed E-state index contributed by atoms with van der Waals surface area (Å²) < 4.78 is 11.4. The van der Waals surface area contributed by atoms with Crippen molar-refractivity contribution in [3.05, 3.63) is 72.3 Å². The zero-order valence-electron chi connectivity index (χ0n) is 15.0. The van der Waals surface area contributed by atoms with Crippen LogP contribution in [0.25, 0.3) is 10.8 Å². The van der Waals surface area contributed by atoms with E-state index in [1.54, 1.807) is 0 Å². The van der Waals surface area contributed by atoms with Crippen molar-refractivity contribution >= 4 is 16.5 Å². The van der Waals surface area contributed by atoms with E-state index in [2.05, 4.69) is 59.9 Å². The van der Waals surface area contributed by atoms with Crippen molar-refractivity contribution < 1.29 is 9.47 Å². The van der Waals surface area contributed by atoms with E-state index < -0.39 is 0 Å². The van der Waals surface area contributed by atoms with Crippen molar-refractivity contribution in [2.75, 3.05) is 25.1 Å². The topological polar surface area (TPSA) is 30.5 Å².